The second-order valence-corrected chi connectivity index (χ2v) is 12.9. The van der Waals surface area contributed by atoms with Gasteiger partial charge in [0.1, 0.15) is 12.7 Å². The highest BCUT2D eigenvalue weighted by atomic mass is 16.6. The molecule has 3 N–H and O–H groups in total. The number of fused-ring (bicyclic) bond motifs is 5. The largest absolute Gasteiger partial charge is 0.458 e. The van der Waals surface area contributed by atoms with E-state index < -0.39 is 17.1 Å². The maximum Gasteiger partial charge on any atom is 0.410 e. The summed E-state index contributed by atoms with van der Waals surface area (Å²) in [7, 11) is 0. The van der Waals surface area contributed by atoms with Gasteiger partial charge >= 0.3 is 12.1 Å². The second-order valence-electron chi connectivity index (χ2n) is 12.9. The van der Waals surface area contributed by atoms with Crippen molar-refractivity contribution in [2.24, 2.45) is 34.5 Å². The van der Waals surface area contributed by atoms with Gasteiger partial charge in [-0.2, -0.15) is 0 Å². The summed E-state index contributed by atoms with van der Waals surface area (Å²) in [5, 5.41) is 27.3. The molecule has 8 heteroatoms. The first-order chi connectivity index (χ1) is 17.2. The number of piperazine rings is 1. The predicted octanol–water partition coefficient (Wildman–Crippen LogP) is 2.62. The number of nitrogens with zero attached hydrogens (tertiary/aromatic N) is 1. The number of aliphatic hydroxyl groups is 2. The van der Waals surface area contributed by atoms with Gasteiger partial charge < -0.3 is 29.9 Å². The van der Waals surface area contributed by atoms with Crippen molar-refractivity contribution in [1.82, 2.24) is 10.2 Å². The third-order valence-corrected chi connectivity index (χ3v) is 11.7. The van der Waals surface area contributed by atoms with Crippen molar-refractivity contribution in [1.29, 1.82) is 0 Å². The van der Waals surface area contributed by atoms with Gasteiger partial charge in [-0.05, 0) is 86.0 Å². The van der Waals surface area contributed by atoms with Crippen LogP contribution in [0.15, 0.2) is 11.6 Å². The number of nitrogens with one attached hydrogen (secondary N) is 1. The second kappa shape index (κ2) is 8.70. The van der Waals surface area contributed by atoms with Crippen molar-refractivity contribution in [2.45, 2.75) is 83.0 Å². The zero-order chi connectivity index (χ0) is 25.3. The third-order valence-electron chi connectivity index (χ3n) is 11.7. The molecule has 4 aliphatic carbocycles. The molecule has 9 atom stereocenters. The molecule has 0 unspecified atom stereocenters. The topological polar surface area (TPSA) is 108 Å². The molecule has 4 saturated carbocycles. The standard InChI is InChI=1S/C28H42N2O6/c1-26-7-5-19(36-25(33)30-11-9-29-10-12-30)14-18(26)3-4-21-22(26)15-23(31)27(2)20(6-8-28(21,27)34)17-13-24(32)35-16-17/h13,18-23,29,31,34H,3-12,14-16H2,1-2H3/t18-,19+,20-,21-,22+,23-,26+,27+,28+/m1/s1. The minimum Gasteiger partial charge on any atom is -0.458 e. The van der Waals surface area contributed by atoms with E-state index >= 15 is 0 Å². The van der Waals surface area contributed by atoms with Gasteiger partial charge in [0.25, 0.3) is 0 Å². The summed E-state index contributed by atoms with van der Waals surface area (Å²) in [5.41, 5.74) is -0.676. The van der Waals surface area contributed by atoms with E-state index in [0.717, 1.165) is 57.2 Å². The van der Waals surface area contributed by atoms with Crippen molar-refractivity contribution in [2.75, 3.05) is 32.8 Å². The molecule has 5 fully saturated rings. The monoisotopic (exact) mass is 502 g/mol. The van der Waals surface area contributed by atoms with Crippen LogP contribution in [-0.4, -0.2) is 77.8 Å². The van der Waals surface area contributed by atoms with Crippen LogP contribution in [0.5, 0.6) is 0 Å². The minimum atomic E-state index is -0.952. The number of aliphatic hydroxyl groups excluding tert-OH is 1. The number of carbonyl (C=O) groups is 2. The Morgan fingerprint density at radius 2 is 1.89 bits per heavy atom. The first-order valence-electron chi connectivity index (χ1n) is 14.1. The molecule has 0 bridgehead atoms. The molecule has 36 heavy (non-hydrogen) atoms. The molecule has 0 aromatic carbocycles. The lowest BCUT2D eigenvalue weighted by molar-refractivity contribution is -0.245. The van der Waals surface area contributed by atoms with E-state index in [1.807, 2.05) is 4.90 Å². The van der Waals surface area contributed by atoms with Crippen LogP contribution in [0.2, 0.25) is 0 Å². The Bertz CT molecular complexity index is 948. The Kier molecular flexibility index (Phi) is 5.97. The van der Waals surface area contributed by atoms with Crippen LogP contribution in [0.25, 0.3) is 0 Å². The molecular weight excluding hydrogens is 460 g/mol. The lowest BCUT2D eigenvalue weighted by atomic mass is 9.42. The molecule has 0 aromatic rings. The van der Waals surface area contributed by atoms with Gasteiger partial charge in [0.2, 0.25) is 0 Å². The first kappa shape index (κ1) is 24.7. The molecule has 0 radical (unpaired) electrons. The number of carbonyl (C=O) groups excluding carboxylic acids is 2. The number of hydrogen-bond acceptors (Lipinski definition) is 7. The average molecular weight is 503 g/mol. The lowest BCUT2D eigenvalue weighted by Gasteiger charge is -2.65. The molecule has 200 valence electrons. The summed E-state index contributed by atoms with van der Waals surface area (Å²) in [6, 6.07) is 0. The highest BCUT2D eigenvalue weighted by molar-refractivity contribution is 5.85. The molecular formula is C28H42N2O6. The van der Waals surface area contributed by atoms with E-state index in [1.54, 1.807) is 6.08 Å². The molecule has 6 rings (SSSR count). The molecule has 8 nitrogen and oxygen atoms in total. The SMILES string of the molecule is C[C@]12CC[C@H](OC(=O)N3CCNCC3)C[C@H]1CC[C@@H]1[C@@H]2C[C@@H](O)[C@]2(C)[C@@H](C3=CC(=O)OC3)CC[C@]12O. The average Bonchev–Trinajstić information content (AvgIpc) is 3.41. The summed E-state index contributed by atoms with van der Waals surface area (Å²) in [6.45, 7) is 7.72. The Morgan fingerprint density at radius 1 is 1.11 bits per heavy atom. The smallest absolute Gasteiger partial charge is 0.410 e. The first-order valence-corrected chi connectivity index (χ1v) is 14.1. The van der Waals surface area contributed by atoms with Gasteiger partial charge in [0, 0.05) is 37.7 Å². The molecule has 2 heterocycles. The van der Waals surface area contributed by atoms with Crippen LogP contribution in [0, 0.1) is 34.5 Å². The Hall–Kier alpha value is -1.64. The maximum atomic E-state index is 12.7. The van der Waals surface area contributed by atoms with Crippen LogP contribution in [0.3, 0.4) is 0 Å². The normalized spacial score (nSPS) is 48.4. The van der Waals surface area contributed by atoms with Crippen LogP contribution in [0.1, 0.15) is 65.2 Å². The van der Waals surface area contributed by atoms with E-state index in [9.17, 15) is 19.8 Å². The maximum absolute atomic E-state index is 12.7. The highest BCUT2D eigenvalue weighted by Gasteiger charge is 2.70. The van der Waals surface area contributed by atoms with Crippen molar-refractivity contribution in [3.05, 3.63) is 11.6 Å². The number of cyclic esters (lactones) is 1. The number of hydrogen-bond donors (Lipinski definition) is 3. The van der Waals surface area contributed by atoms with E-state index in [-0.39, 0.29) is 47.9 Å². The Balaban J connectivity index is 1.19. The quantitative estimate of drug-likeness (QED) is 0.498. The fourth-order valence-corrected chi connectivity index (χ4v) is 9.52. The van der Waals surface area contributed by atoms with E-state index in [0.29, 0.717) is 31.8 Å². The number of amides is 1. The van der Waals surface area contributed by atoms with Crippen molar-refractivity contribution >= 4 is 12.1 Å². The molecule has 1 amide bonds. The number of esters is 1. The van der Waals surface area contributed by atoms with Crippen LogP contribution < -0.4 is 5.32 Å². The van der Waals surface area contributed by atoms with Crippen LogP contribution >= 0.6 is 0 Å². The molecule has 0 spiro atoms. The fourth-order valence-electron chi connectivity index (χ4n) is 9.52. The van der Waals surface area contributed by atoms with Gasteiger partial charge in [0.15, 0.2) is 0 Å². The van der Waals surface area contributed by atoms with Gasteiger partial charge in [-0.3, -0.25) is 0 Å². The lowest BCUT2D eigenvalue weighted by Crippen LogP contribution is -2.67. The summed E-state index contributed by atoms with van der Waals surface area (Å²) in [6.07, 6.45) is 7.45. The van der Waals surface area contributed by atoms with Gasteiger partial charge in [-0.25, -0.2) is 9.59 Å². The third kappa shape index (κ3) is 3.50. The summed E-state index contributed by atoms with van der Waals surface area (Å²) >= 11 is 0. The Labute approximate surface area is 213 Å². The van der Waals surface area contributed by atoms with Crippen LogP contribution in [-0.2, 0) is 14.3 Å². The Morgan fingerprint density at radius 3 is 2.61 bits per heavy atom. The highest BCUT2D eigenvalue weighted by Crippen LogP contribution is 2.70. The predicted molar refractivity (Wildman–Crippen MR) is 132 cm³/mol. The number of ether oxygens (including phenoxy) is 2. The zero-order valence-electron chi connectivity index (χ0n) is 21.7. The molecule has 2 aliphatic heterocycles. The van der Waals surface area contributed by atoms with Crippen molar-refractivity contribution in [3.63, 3.8) is 0 Å². The van der Waals surface area contributed by atoms with Crippen LogP contribution in [0.4, 0.5) is 4.79 Å². The summed E-state index contributed by atoms with van der Waals surface area (Å²) < 4.78 is 11.2. The van der Waals surface area contributed by atoms with E-state index in [1.165, 1.54) is 0 Å². The van der Waals surface area contributed by atoms with Gasteiger partial charge in [-0.15, -0.1) is 0 Å². The van der Waals surface area contributed by atoms with E-state index in [4.69, 9.17) is 9.47 Å². The molecule has 1 saturated heterocycles. The summed E-state index contributed by atoms with van der Waals surface area (Å²) in [5.74, 6) is 0.457. The molecule has 0 aromatic heterocycles. The fraction of sp³-hybridized carbons (Fsp3) is 0.857. The number of rotatable bonds is 2. The zero-order valence-corrected chi connectivity index (χ0v) is 21.7. The minimum absolute atomic E-state index is 0.0166. The summed E-state index contributed by atoms with van der Waals surface area (Å²) in [4.78, 5) is 26.3. The van der Waals surface area contributed by atoms with Gasteiger partial charge in [-0.1, -0.05) is 13.8 Å². The van der Waals surface area contributed by atoms with Crippen molar-refractivity contribution < 1.29 is 29.3 Å². The van der Waals surface area contributed by atoms with Crippen molar-refractivity contribution in [3.8, 4) is 0 Å². The molecule has 6 aliphatic rings. The van der Waals surface area contributed by atoms with Gasteiger partial charge in [0.05, 0.1) is 11.7 Å². The van der Waals surface area contributed by atoms with E-state index in [2.05, 4.69) is 19.2 Å².